The molecule has 1 amide bonds. The Labute approximate surface area is 177 Å². The Kier molecular flexibility index (Phi) is 8.16. The average molecular weight is 411 g/mol. The Hall–Kier alpha value is -3.15. The lowest BCUT2D eigenvalue weighted by atomic mass is 9.86. The van der Waals surface area contributed by atoms with Crippen molar-refractivity contribution < 1.29 is 24.2 Å². The largest absolute Gasteiger partial charge is 0.481 e. The van der Waals surface area contributed by atoms with Gasteiger partial charge in [0.15, 0.2) is 5.78 Å². The van der Waals surface area contributed by atoms with E-state index in [0.717, 1.165) is 11.1 Å². The zero-order chi connectivity index (χ0) is 22.1. The predicted octanol–water partition coefficient (Wildman–Crippen LogP) is 4.03. The van der Waals surface area contributed by atoms with Crippen LogP contribution in [-0.2, 0) is 27.2 Å². The number of carbonyl (C=O) groups is 3. The molecule has 0 aliphatic heterocycles. The quantitative estimate of drug-likeness (QED) is 0.650. The molecule has 0 heterocycles. The lowest BCUT2D eigenvalue weighted by molar-refractivity contribution is -0.141. The summed E-state index contributed by atoms with van der Waals surface area (Å²) >= 11 is 0. The van der Waals surface area contributed by atoms with E-state index < -0.39 is 29.6 Å². The van der Waals surface area contributed by atoms with Crippen LogP contribution in [0.4, 0.5) is 4.79 Å². The second-order valence-corrected chi connectivity index (χ2v) is 8.28. The van der Waals surface area contributed by atoms with E-state index in [9.17, 15) is 19.5 Å². The minimum atomic E-state index is -1.06. The van der Waals surface area contributed by atoms with Crippen molar-refractivity contribution in [3.8, 4) is 0 Å². The molecule has 30 heavy (non-hydrogen) atoms. The van der Waals surface area contributed by atoms with E-state index >= 15 is 0 Å². The molecule has 2 aromatic rings. The van der Waals surface area contributed by atoms with Crippen molar-refractivity contribution in [2.75, 3.05) is 0 Å². The highest BCUT2D eigenvalue weighted by atomic mass is 16.6. The van der Waals surface area contributed by atoms with Crippen molar-refractivity contribution >= 4 is 17.8 Å². The summed E-state index contributed by atoms with van der Waals surface area (Å²) in [7, 11) is 0. The topological polar surface area (TPSA) is 92.7 Å². The fraction of sp³-hybridized carbons (Fsp3) is 0.375. The molecule has 2 N–H and O–H groups in total. The normalized spacial score (nSPS) is 13.2. The smallest absolute Gasteiger partial charge is 0.408 e. The highest BCUT2D eigenvalue weighted by Crippen LogP contribution is 2.18. The molecule has 2 aromatic carbocycles. The number of alkyl carbamates (subject to hydrolysis) is 1. The van der Waals surface area contributed by atoms with Gasteiger partial charge in [-0.25, -0.2) is 4.79 Å². The van der Waals surface area contributed by atoms with Gasteiger partial charge >= 0.3 is 12.1 Å². The second kappa shape index (κ2) is 10.6. The van der Waals surface area contributed by atoms with Gasteiger partial charge in [-0.2, -0.15) is 0 Å². The van der Waals surface area contributed by atoms with Crippen LogP contribution in [-0.4, -0.2) is 34.6 Å². The number of hydrogen-bond donors (Lipinski definition) is 2. The van der Waals surface area contributed by atoms with Crippen LogP contribution in [0.2, 0.25) is 0 Å². The molecule has 1 unspecified atom stereocenters. The molecule has 0 saturated heterocycles. The molecule has 0 aliphatic rings. The van der Waals surface area contributed by atoms with Crippen LogP contribution in [0.15, 0.2) is 60.7 Å². The number of Topliss-reactive ketones (excluding diaryl/α,β-unsaturated/α-hetero) is 1. The van der Waals surface area contributed by atoms with Crippen LogP contribution in [0, 0.1) is 5.92 Å². The van der Waals surface area contributed by atoms with E-state index in [4.69, 9.17) is 4.74 Å². The summed E-state index contributed by atoms with van der Waals surface area (Å²) in [5.74, 6) is -2.15. The highest BCUT2D eigenvalue weighted by molar-refractivity contribution is 5.92. The van der Waals surface area contributed by atoms with Crippen LogP contribution in [0.25, 0.3) is 0 Å². The fourth-order valence-corrected chi connectivity index (χ4v) is 3.19. The zero-order valence-corrected chi connectivity index (χ0v) is 17.6. The average Bonchev–Trinajstić information content (AvgIpc) is 2.66. The van der Waals surface area contributed by atoms with Crippen LogP contribution in [0.5, 0.6) is 0 Å². The van der Waals surface area contributed by atoms with Crippen molar-refractivity contribution in [1.29, 1.82) is 0 Å². The van der Waals surface area contributed by atoms with Crippen molar-refractivity contribution in [1.82, 2.24) is 5.32 Å². The zero-order valence-electron chi connectivity index (χ0n) is 17.6. The molecule has 6 heteroatoms. The van der Waals surface area contributed by atoms with Gasteiger partial charge in [0, 0.05) is 5.92 Å². The second-order valence-electron chi connectivity index (χ2n) is 8.28. The lowest BCUT2D eigenvalue weighted by Gasteiger charge is -2.25. The first-order chi connectivity index (χ1) is 14.1. The molecule has 0 aromatic heterocycles. The Bertz CT molecular complexity index is 843. The number of benzene rings is 2. The van der Waals surface area contributed by atoms with E-state index in [2.05, 4.69) is 5.32 Å². The molecule has 6 nitrogen and oxygen atoms in total. The summed E-state index contributed by atoms with van der Waals surface area (Å²) < 4.78 is 5.32. The molecule has 0 saturated carbocycles. The van der Waals surface area contributed by atoms with Gasteiger partial charge in [-0.05, 0) is 44.7 Å². The summed E-state index contributed by atoms with van der Waals surface area (Å²) in [5, 5.41) is 12.0. The Morgan fingerprint density at radius 3 is 1.87 bits per heavy atom. The summed E-state index contributed by atoms with van der Waals surface area (Å²) in [6, 6.07) is 17.7. The first-order valence-corrected chi connectivity index (χ1v) is 9.97. The number of hydrogen-bond acceptors (Lipinski definition) is 4. The van der Waals surface area contributed by atoms with Gasteiger partial charge in [0.25, 0.3) is 0 Å². The third-order valence-corrected chi connectivity index (χ3v) is 4.47. The monoisotopic (exact) mass is 411 g/mol. The van der Waals surface area contributed by atoms with Gasteiger partial charge in [-0.1, -0.05) is 60.7 Å². The number of carboxylic acids is 1. The van der Waals surface area contributed by atoms with E-state index in [1.807, 2.05) is 60.7 Å². The van der Waals surface area contributed by atoms with Crippen molar-refractivity contribution in [3.05, 3.63) is 71.8 Å². The molecule has 0 aliphatic carbocycles. The first-order valence-electron chi connectivity index (χ1n) is 9.97. The van der Waals surface area contributed by atoms with Gasteiger partial charge in [-0.3, -0.25) is 9.59 Å². The summed E-state index contributed by atoms with van der Waals surface area (Å²) in [4.78, 5) is 37.2. The minimum absolute atomic E-state index is 0.254. The predicted molar refractivity (Wildman–Crippen MR) is 114 cm³/mol. The van der Waals surface area contributed by atoms with Crippen LogP contribution in [0.3, 0.4) is 0 Å². The van der Waals surface area contributed by atoms with Gasteiger partial charge in [0.2, 0.25) is 0 Å². The molecule has 160 valence electrons. The Morgan fingerprint density at radius 1 is 0.900 bits per heavy atom. The fourth-order valence-electron chi connectivity index (χ4n) is 3.19. The molecule has 0 fully saturated rings. The van der Waals surface area contributed by atoms with Crippen LogP contribution >= 0.6 is 0 Å². The summed E-state index contributed by atoms with van der Waals surface area (Å²) in [6.07, 6.45) is -0.475. The maximum atomic E-state index is 13.4. The Balaban J connectivity index is 2.25. The number of carbonyl (C=O) groups excluding carboxylic acids is 2. The number of carboxylic acid groups (broad SMARTS) is 1. The summed E-state index contributed by atoms with van der Waals surface area (Å²) in [6.45, 7) is 5.22. The van der Waals surface area contributed by atoms with Gasteiger partial charge in [0.1, 0.15) is 5.60 Å². The van der Waals surface area contributed by atoms with Crippen molar-refractivity contribution in [2.45, 2.75) is 51.7 Å². The van der Waals surface area contributed by atoms with E-state index in [1.54, 1.807) is 20.8 Å². The molecular weight excluding hydrogens is 382 g/mol. The van der Waals surface area contributed by atoms with E-state index in [0.29, 0.717) is 0 Å². The van der Waals surface area contributed by atoms with Crippen molar-refractivity contribution in [2.24, 2.45) is 5.92 Å². The first kappa shape index (κ1) is 23.1. The highest BCUT2D eigenvalue weighted by Gasteiger charge is 2.31. The molecule has 0 spiro atoms. The maximum absolute atomic E-state index is 13.4. The van der Waals surface area contributed by atoms with Crippen LogP contribution in [0.1, 0.15) is 38.3 Å². The summed E-state index contributed by atoms with van der Waals surface area (Å²) in [5.41, 5.74) is 1.02. The number of ether oxygens (including phenoxy) is 1. The van der Waals surface area contributed by atoms with E-state index in [1.165, 1.54) is 0 Å². The molecule has 0 radical (unpaired) electrons. The van der Waals surface area contributed by atoms with E-state index in [-0.39, 0.29) is 25.0 Å². The van der Waals surface area contributed by atoms with Gasteiger partial charge in [-0.15, -0.1) is 0 Å². The maximum Gasteiger partial charge on any atom is 0.408 e. The number of ketones is 1. The number of nitrogens with one attached hydrogen (secondary N) is 1. The minimum Gasteiger partial charge on any atom is -0.481 e. The lowest BCUT2D eigenvalue weighted by Crippen LogP contribution is -2.47. The standard InChI is InChI=1S/C24H29NO5/c1-24(2,3)30-23(29)25-20(15-18-12-8-5-9-13-18)22(28)19(16-21(26)27)14-17-10-6-4-7-11-17/h4-13,19-20H,14-16H2,1-3H3,(H,25,29)(H,26,27)/t19?,20-/m0/s1. The third-order valence-electron chi connectivity index (χ3n) is 4.47. The molecular formula is C24H29NO5. The third kappa shape index (κ3) is 8.07. The molecule has 2 rings (SSSR count). The van der Waals surface area contributed by atoms with Gasteiger partial charge in [0.05, 0.1) is 12.5 Å². The number of aliphatic carboxylic acids is 1. The number of amides is 1. The Morgan fingerprint density at radius 2 is 1.40 bits per heavy atom. The number of rotatable bonds is 9. The van der Waals surface area contributed by atoms with Crippen molar-refractivity contribution in [3.63, 3.8) is 0 Å². The molecule has 0 bridgehead atoms. The SMILES string of the molecule is CC(C)(C)OC(=O)N[C@@H](Cc1ccccc1)C(=O)C(CC(=O)O)Cc1ccccc1. The van der Waals surface area contributed by atoms with Gasteiger partial charge < -0.3 is 15.2 Å². The molecule has 2 atom stereocenters. The van der Waals surface area contributed by atoms with Crippen LogP contribution < -0.4 is 5.32 Å².